The SMILES string of the molecule is CO/N=C1\Cc2ccccc2C1Cc1ccc(Cl)c(Cl)c1. The summed E-state index contributed by atoms with van der Waals surface area (Å²) >= 11 is 12.1. The highest BCUT2D eigenvalue weighted by molar-refractivity contribution is 6.42. The van der Waals surface area contributed by atoms with Crippen LogP contribution in [0.1, 0.15) is 22.6 Å². The third-order valence-corrected chi connectivity index (χ3v) is 4.58. The number of fused-ring (bicyclic) bond motifs is 1. The Morgan fingerprint density at radius 2 is 1.95 bits per heavy atom. The molecular weight excluding hydrogens is 305 g/mol. The van der Waals surface area contributed by atoms with Gasteiger partial charge < -0.3 is 4.84 Å². The third-order valence-electron chi connectivity index (χ3n) is 3.84. The summed E-state index contributed by atoms with van der Waals surface area (Å²) in [5, 5.41) is 5.38. The first-order valence-corrected chi connectivity index (χ1v) is 7.56. The van der Waals surface area contributed by atoms with E-state index < -0.39 is 0 Å². The fraction of sp³-hybridized carbons (Fsp3) is 0.235. The van der Waals surface area contributed by atoms with Crippen LogP contribution in [0.5, 0.6) is 0 Å². The number of hydrogen-bond acceptors (Lipinski definition) is 2. The van der Waals surface area contributed by atoms with Crippen molar-refractivity contribution in [3.8, 4) is 0 Å². The Morgan fingerprint density at radius 3 is 2.71 bits per heavy atom. The molecule has 3 rings (SSSR count). The summed E-state index contributed by atoms with van der Waals surface area (Å²) in [7, 11) is 1.59. The Bertz CT molecular complexity index is 697. The molecule has 0 radical (unpaired) electrons. The maximum Gasteiger partial charge on any atom is 0.106 e. The zero-order valence-corrected chi connectivity index (χ0v) is 13.2. The summed E-state index contributed by atoms with van der Waals surface area (Å²) in [5.41, 5.74) is 4.84. The number of halogens is 2. The summed E-state index contributed by atoms with van der Waals surface area (Å²) in [6.07, 6.45) is 1.69. The van der Waals surface area contributed by atoms with Crippen LogP contribution in [0.4, 0.5) is 0 Å². The minimum Gasteiger partial charge on any atom is -0.399 e. The van der Waals surface area contributed by atoms with Crippen molar-refractivity contribution >= 4 is 28.9 Å². The van der Waals surface area contributed by atoms with Gasteiger partial charge in [-0.1, -0.05) is 58.7 Å². The second-order valence-electron chi connectivity index (χ2n) is 5.15. The van der Waals surface area contributed by atoms with Crippen LogP contribution >= 0.6 is 23.2 Å². The molecule has 4 heteroatoms. The van der Waals surface area contributed by atoms with Crippen molar-refractivity contribution in [1.29, 1.82) is 0 Å². The molecule has 0 fully saturated rings. The van der Waals surface area contributed by atoms with E-state index >= 15 is 0 Å². The van der Waals surface area contributed by atoms with Gasteiger partial charge in [-0.25, -0.2) is 0 Å². The van der Waals surface area contributed by atoms with Gasteiger partial charge in [0, 0.05) is 12.3 Å². The van der Waals surface area contributed by atoms with Crippen molar-refractivity contribution in [2.75, 3.05) is 7.11 Å². The van der Waals surface area contributed by atoms with Gasteiger partial charge in [0.2, 0.25) is 0 Å². The van der Waals surface area contributed by atoms with Crippen LogP contribution in [0, 0.1) is 0 Å². The lowest BCUT2D eigenvalue weighted by Gasteiger charge is -2.13. The van der Waals surface area contributed by atoms with E-state index in [1.807, 2.05) is 18.2 Å². The predicted octanol–water partition coefficient (Wildman–Crippen LogP) is 4.88. The molecule has 21 heavy (non-hydrogen) atoms. The highest BCUT2D eigenvalue weighted by Crippen LogP contribution is 2.35. The van der Waals surface area contributed by atoms with E-state index in [4.69, 9.17) is 28.0 Å². The highest BCUT2D eigenvalue weighted by atomic mass is 35.5. The van der Waals surface area contributed by atoms with Gasteiger partial charge >= 0.3 is 0 Å². The molecule has 0 N–H and O–H groups in total. The van der Waals surface area contributed by atoms with Gasteiger partial charge in [0.15, 0.2) is 0 Å². The van der Waals surface area contributed by atoms with Crippen molar-refractivity contribution in [3.05, 3.63) is 69.2 Å². The number of nitrogens with zero attached hydrogens (tertiary/aromatic N) is 1. The van der Waals surface area contributed by atoms with Crippen LogP contribution < -0.4 is 0 Å². The number of hydrogen-bond donors (Lipinski definition) is 0. The van der Waals surface area contributed by atoms with E-state index in [2.05, 4.69) is 29.4 Å². The second-order valence-corrected chi connectivity index (χ2v) is 5.96. The van der Waals surface area contributed by atoms with Gasteiger partial charge in [-0.05, 0) is 35.2 Å². The van der Waals surface area contributed by atoms with Crippen molar-refractivity contribution in [2.24, 2.45) is 5.16 Å². The lowest BCUT2D eigenvalue weighted by molar-refractivity contribution is 0.211. The normalized spacial score (nSPS) is 18.8. The van der Waals surface area contributed by atoms with E-state index in [9.17, 15) is 0 Å². The van der Waals surface area contributed by atoms with Crippen molar-refractivity contribution in [2.45, 2.75) is 18.8 Å². The molecule has 1 atom stereocenters. The molecule has 0 bridgehead atoms. The monoisotopic (exact) mass is 319 g/mol. The largest absolute Gasteiger partial charge is 0.399 e. The quantitative estimate of drug-likeness (QED) is 0.739. The molecule has 0 aliphatic heterocycles. The smallest absolute Gasteiger partial charge is 0.106 e. The lowest BCUT2D eigenvalue weighted by Crippen LogP contribution is -2.10. The topological polar surface area (TPSA) is 21.6 Å². The summed E-state index contributed by atoms with van der Waals surface area (Å²) < 4.78 is 0. The highest BCUT2D eigenvalue weighted by Gasteiger charge is 2.29. The van der Waals surface area contributed by atoms with E-state index in [1.54, 1.807) is 7.11 Å². The molecule has 1 aliphatic rings. The lowest BCUT2D eigenvalue weighted by atomic mass is 9.92. The summed E-state index contributed by atoms with van der Waals surface area (Å²) in [5.74, 6) is 0.235. The van der Waals surface area contributed by atoms with Crippen LogP contribution in [0.15, 0.2) is 47.6 Å². The van der Waals surface area contributed by atoms with Gasteiger partial charge in [-0.2, -0.15) is 0 Å². The third kappa shape index (κ3) is 2.92. The molecule has 0 saturated carbocycles. The van der Waals surface area contributed by atoms with E-state index in [1.165, 1.54) is 11.1 Å². The molecule has 0 amide bonds. The van der Waals surface area contributed by atoms with Gasteiger partial charge in [0.25, 0.3) is 0 Å². The summed E-state index contributed by atoms with van der Waals surface area (Å²) in [4.78, 5) is 5.01. The minimum atomic E-state index is 0.235. The molecule has 0 heterocycles. The summed E-state index contributed by atoms with van der Waals surface area (Å²) in [6.45, 7) is 0. The second kappa shape index (κ2) is 6.08. The molecule has 0 spiro atoms. The molecule has 2 aromatic carbocycles. The van der Waals surface area contributed by atoms with Gasteiger partial charge in [-0.3, -0.25) is 0 Å². The molecule has 1 unspecified atom stereocenters. The van der Waals surface area contributed by atoms with Crippen molar-refractivity contribution in [1.82, 2.24) is 0 Å². The van der Waals surface area contributed by atoms with E-state index in [0.717, 1.165) is 24.1 Å². The number of oxime groups is 1. The Hall–Kier alpha value is -1.51. The fourth-order valence-corrected chi connectivity index (χ4v) is 3.20. The maximum atomic E-state index is 6.11. The molecule has 0 saturated heterocycles. The number of benzene rings is 2. The summed E-state index contributed by atoms with van der Waals surface area (Å²) in [6, 6.07) is 14.2. The molecule has 2 aromatic rings. The Morgan fingerprint density at radius 1 is 1.14 bits per heavy atom. The van der Waals surface area contributed by atoms with E-state index in [0.29, 0.717) is 10.0 Å². The van der Waals surface area contributed by atoms with Crippen LogP contribution in [-0.2, 0) is 17.7 Å². The Kier molecular flexibility index (Phi) is 4.18. The zero-order valence-electron chi connectivity index (χ0n) is 11.6. The van der Waals surface area contributed by atoms with Crippen LogP contribution in [0.3, 0.4) is 0 Å². The first kappa shape index (κ1) is 14.4. The number of rotatable bonds is 3. The van der Waals surface area contributed by atoms with E-state index in [-0.39, 0.29) is 5.92 Å². The predicted molar refractivity (Wildman–Crippen MR) is 87.5 cm³/mol. The average molecular weight is 320 g/mol. The van der Waals surface area contributed by atoms with Gasteiger partial charge in [0.1, 0.15) is 7.11 Å². The van der Waals surface area contributed by atoms with Crippen LogP contribution in [-0.4, -0.2) is 12.8 Å². The minimum absolute atomic E-state index is 0.235. The first-order valence-electron chi connectivity index (χ1n) is 6.80. The Labute approximate surface area is 134 Å². The van der Waals surface area contributed by atoms with Gasteiger partial charge in [0.05, 0.1) is 15.8 Å². The van der Waals surface area contributed by atoms with Crippen molar-refractivity contribution < 1.29 is 4.84 Å². The van der Waals surface area contributed by atoms with Crippen LogP contribution in [0.2, 0.25) is 10.0 Å². The van der Waals surface area contributed by atoms with Crippen molar-refractivity contribution in [3.63, 3.8) is 0 Å². The van der Waals surface area contributed by atoms with Crippen LogP contribution in [0.25, 0.3) is 0 Å². The fourth-order valence-electron chi connectivity index (χ4n) is 2.88. The molecular formula is C17H15Cl2NO. The zero-order chi connectivity index (χ0) is 14.8. The first-order chi connectivity index (χ1) is 10.2. The standard InChI is InChI=1S/C17H15Cl2NO/c1-21-20-17-10-12-4-2-3-5-13(12)14(17)8-11-6-7-15(18)16(19)9-11/h2-7,9,14H,8,10H2,1H3/b20-17+. The molecule has 1 aliphatic carbocycles. The molecule has 2 nitrogen and oxygen atoms in total. The average Bonchev–Trinajstić information content (AvgIpc) is 2.81. The Balaban J connectivity index is 1.94. The molecule has 108 valence electrons. The molecule has 0 aromatic heterocycles. The van der Waals surface area contributed by atoms with Gasteiger partial charge in [-0.15, -0.1) is 0 Å². The maximum absolute atomic E-state index is 6.11.